The minimum Gasteiger partial charge on any atom is -0.352 e. The summed E-state index contributed by atoms with van der Waals surface area (Å²) in [7, 11) is 3.98. The maximum Gasteiger partial charge on any atom is 0.239 e. The van der Waals surface area contributed by atoms with E-state index in [9.17, 15) is 9.59 Å². The van der Waals surface area contributed by atoms with Crippen molar-refractivity contribution in [2.24, 2.45) is 0 Å². The van der Waals surface area contributed by atoms with Crippen molar-refractivity contribution < 1.29 is 9.59 Å². The van der Waals surface area contributed by atoms with Crippen molar-refractivity contribution in [1.82, 2.24) is 15.1 Å². The molecule has 0 atom stereocenters. The van der Waals surface area contributed by atoms with Gasteiger partial charge in [0.25, 0.3) is 0 Å². The standard InChI is InChI=1S/C12H25N3O2/c1-10(2)13-12(17)9-15(11(3)16)8-6-7-14(4)5/h10H,6-9H2,1-5H3,(H,13,17). The molecular formula is C12H25N3O2. The van der Waals surface area contributed by atoms with E-state index in [0.29, 0.717) is 6.54 Å². The summed E-state index contributed by atoms with van der Waals surface area (Å²) < 4.78 is 0. The molecule has 0 unspecified atom stereocenters. The molecule has 0 saturated heterocycles. The smallest absolute Gasteiger partial charge is 0.239 e. The summed E-state index contributed by atoms with van der Waals surface area (Å²) in [6, 6.07) is 0.109. The minimum atomic E-state index is -0.0972. The largest absolute Gasteiger partial charge is 0.352 e. The van der Waals surface area contributed by atoms with Gasteiger partial charge in [0.05, 0.1) is 6.54 Å². The summed E-state index contributed by atoms with van der Waals surface area (Å²) in [6.07, 6.45) is 0.877. The van der Waals surface area contributed by atoms with Crippen molar-refractivity contribution in [1.29, 1.82) is 0 Å². The first-order valence-corrected chi connectivity index (χ1v) is 6.02. The van der Waals surface area contributed by atoms with Crippen LogP contribution in [0, 0.1) is 0 Å². The zero-order valence-corrected chi connectivity index (χ0v) is 11.6. The van der Waals surface area contributed by atoms with E-state index in [-0.39, 0.29) is 24.4 Å². The van der Waals surface area contributed by atoms with E-state index in [1.165, 1.54) is 6.92 Å². The van der Waals surface area contributed by atoms with Crippen LogP contribution in [-0.2, 0) is 9.59 Å². The third-order valence-electron chi connectivity index (χ3n) is 2.26. The molecule has 2 amide bonds. The van der Waals surface area contributed by atoms with E-state index in [1.54, 1.807) is 4.90 Å². The summed E-state index contributed by atoms with van der Waals surface area (Å²) in [4.78, 5) is 26.6. The van der Waals surface area contributed by atoms with Crippen LogP contribution in [0.5, 0.6) is 0 Å². The number of hydrogen-bond donors (Lipinski definition) is 1. The molecule has 0 bridgehead atoms. The lowest BCUT2D eigenvalue weighted by molar-refractivity contribution is -0.134. The molecule has 0 saturated carbocycles. The van der Waals surface area contributed by atoms with Crippen LogP contribution in [0.3, 0.4) is 0 Å². The average Bonchev–Trinajstić information content (AvgIpc) is 2.13. The summed E-state index contributed by atoms with van der Waals surface area (Å²) in [5.41, 5.74) is 0. The van der Waals surface area contributed by atoms with E-state index in [2.05, 4.69) is 10.2 Å². The molecule has 0 spiro atoms. The first kappa shape index (κ1) is 15.9. The number of rotatable bonds is 7. The Labute approximate surface area is 104 Å². The predicted molar refractivity (Wildman–Crippen MR) is 68.7 cm³/mol. The van der Waals surface area contributed by atoms with Crippen molar-refractivity contribution >= 4 is 11.8 Å². The van der Waals surface area contributed by atoms with Crippen LogP contribution in [0.25, 0.3) is 0 Å². The van der Waals surface area contributed by atoms with Gasteiger partial charge in [-0.25, -0.2) is 0 Å². The summed E-state index contributed by atoms with van der Waals surface area (Å²) in [5, 5.41) is 2.78. The molecule has 5 heteroatoms. The Morgan fingerprint density at radius 1 is 1.18 bits per heavy atom. The van der Waals surface area contributed by atoms with Gasteiger partial charge in [-0.05, 0) is 40.9 Å². The number of carbonyl (C=O) groups is 2. The fourth-order valence-corrected chi connectivity index (χ4v) is 1.47. The molecule has 0 fully saturated rings. The lowest BCUT2D eigenvalue weighted by Gasteiger charge is -2.22. The average molecular weight is 243 g/mol. The number of nitrogens with zero attached hydrogens (tertiary/aromatic N) is 2. The molecule has 5 nitrogen and oxygen atoms in total. The Balaban J connectivity index is 4.06. The number of carbonyl (C=O) groups excluding carboxylic acids is 2. The normalized spacial score (nSPS) is 10.8. The summed E-state index contributed by atoms with van der Waals surface area (Å²) in [6.45, 7) is 7.00. The lowest BCUT2D eigenvalue weighted by atomic mass is 10.3. The van der Waals surface area contributed by atoms with Crippen molar-refractivity contribution in [3.8, 4) is 0 Å². The third kappa shape index (κ3) is 8.68. The topological polar surface area (TPSA) is 52.7 Å². The highest BCUT2D eigenvalue weighted by Crippen LogP contribution is 1.94. The quantitative estimate of drug-likeness (QED) is 0.700. The molecule has 0 radical (unpaired) electrons. The van der Waals surface area contributed by atoms with E-state index < -0.39 is 0 Å². The maximum atomic E-state index is 11.5. The Morgan fingerprint density at radius 2 is 1.76 bits per heavy atom. The van der Waals surface area contributed by atoms with E-state index >= 15 is 0 Å². The van der Waals surface area contributed by atoms with Crippen molar-refractivity contribution in [3.05, 3.63) is 0 Å². The second-order valence-electron chi connectivity index (χ2n) is 4.82. The second kappa shape index (κ2) is 8.06. The molecule has 0 aromatic heterocycles. The zero-order valence-electron chi connectivity index (χ0n) is 11.6. The Hall–Kier alpha value is -1.10. The third-order valence-corrected chi connectivity index (χ3v) is 2.26. The predicted octanol–water partition coefficient (Wildman–Crippen LogP) is 0.311. The number of nitrogens with one attached hydrogen (secondary N) is 1. The van der Waals surface area contributed by atoms with Crippen LogP contribution in [-0.4, -0.2) is 61.4 Å². The van der Waals surface area contributed by atoms with Gasteiger partial charge in [-0.2, -0.15) is 0 Å². The van der Waals surface area contributed by atoms with Crippen molar-refractivity contribution in [2.75, 3.05) is 33.7 Å². The van der Waals surface area contributed by atoms with Gasteiger partial charge in [-0.15, -0.1) is 0 Å². The van der Waals surface area contributed by atoms with Crippen LogP contribution in [0.1, 0.15) is 27.2 Å². The molecule has 17 heavy (non-hydrogen) atoms. The van der Waals surface area contributed by atoms with Crippen LogP contribution in [0.2, 0.25) is 0 Å². The summed E-state index contributed by atoms with van der Waals surface area (Å²) >= 11 is 0. The van der Waals surface area contributed by atoms with Crippen LogP contribution in [0.15, 0.2) is 0 Å². The summed E-state index contributed by atoms with van der Waals surface area (Å²) in [5.74, 6) is -0.150. The van der Waals surface area contributed by atoms with Gasteiger partial charge in [0.2, 0.25) is 11.8 Å². The number of amides is 2. The van der Waals surface area contributed by atoms with Gasteiger partial charge < -0.3 is 15.1 Å². The Bertz CT molecular complexity index is 252. The molecule has 0 aromatic rings. The highest BCUT2D eigenvalue weighted by Gasteiger charge is 2.13. The van der Waals surface area contributed by atoms with Gasteiger partial charge in [0.1, 0.15) is 0 Å². The van der Waals surface area contributed by atoms with Gasteiger partial charge in [0.15, 0.2) is 0 Å². The molecule has 0 aliphatic carbocycles. The molecule has 100 valence electrons. The molecule has 0 aliphatic heterocycles. The molecule has 0 aromatic carbocycles. The molecule has 0 rings (SSSR count). The monoisotopic (exact) mass is 243 g/mol. The van der Waals surface area contributed by atoms with Crippen molar-refractivity contribution in [2.45, 2.75) is 33.2 Å². The highest BCUT2D eigenvalue weighted by atomic mass is 16.2. The van der Waals surface area contributed by atoms with E-state index in [4.69, 9.17) is 0 Å². The fourth-order valence-electron chi connectivity index (χ4n) is 1.47. The van der Waals surface area contributed by atoms with E-state index in [0.717, 1.165) is 13.0 Å². The highest BCUT2D eigenvalue weighted by molar-refractivity contribution is 5.83. The molecule has 0 aliphatic rings. The molecular weight excluding hydrogens is 218 g/mol. The SMILES string of the molecule is CC(=O)N(CCCN(C)C)CC(=O)NC(C)C. The Kier molecular flexibility index (Phi) is 7.54. The van der Waals surface area contributed by atoms with Gasteiger partial charge >= 0.3 is 0 Å². The molecule has 1 N–H and O–H groups in total. The Morgan fingerprint density at radius 3 is 2.18 bits per heavy atom. The zero-order chi connectivity index (χ0) is 13.4. The maximum absolute atomic E-state index is 11.5. The minimum absolute atomic E-state index is 0.0531. The van der Waals surface area contributed by atoms with Crippen LogP contribution in [0.4, 0.5) is 0 Å². The van der Waals surface area contributed by atoms with Gasteiger partial charge in [-0.3, -0.25) is 9.59 Å². The first-order valence-electron chi connectivity index (χ1n) is 6.02. The first-order chi connectivity index (χ1) is 7.82. The van der Waals surface area contributed by atoms with Gasteiger partial charge in [0, 0.05) is 19.5 Å². The lowest BCUT2D eigenvalue weighted by Crippen LogP contribution is -2.42. The number of hydrogen-bond acceptors (Lipinski definition) is 3. The van der Waals surface area contributed by atoms with Crippen LogP contribution < -0.4 is 5.32 Å². The van der Waals surface area contributed by atoms with Crippen molar-refractivity contribution in [3.63, 3.8) is 0 Å². The fraction of sp³-hybridized carbons (Fsp3) is 0.833. The van der Waals surface area contributed by atoms with E-state index in [1.807, 2.05) is 27.9 Å². The molecule has 0 heterocycles. The van der Waals surface area contributed by atoms with Crippen LogP contribution >= 0.6 is 0 Å². The van der Waals surface area contributed by atoms with Gasteiger partial charge in [-0.1, -0.05) is 0 Å². The second-order valence-corrected chi connectivity index (χ2v) is 4.82.